The summed E-state index contributed by atoms with van der Waals surface area (Å²) in [5.41, 5.74) is 0.589. The van der Waals surface area contributed by atoms with Gasteiger partial charge >= 0.3 is 5.97 Å². The highest BCUT2D eigenvalue weighted by molar-refractivity contribution is 7.74. The van der Waals surface area contributed by atoms with E-state index in [1.165, 1.54) is 7.11 Å². The Bertz CT molecular complexity index is 852. The van der Waals surface area contributed by atoms with Gasteiger partial charge in [-0.2, -0.15) is 0 Å². The molecule has 0 unspecified atom stereocenters. The fraction of sp³-hybridized carbons (Fsp3) is 0.0952. The minimum atomic E-state index is -3.51. The lowest BCUT2D eigenvalue weighted by atomic mass is 10.1. The second-order valence-corrected chi connectivity index (χ2v) is 7.99. The van der Waals surface area contributed by atoms with Gasteiger partial charge in [-0.3, -0.25) is 4.57 Å². The van der Waals surface area contributed by atoms with Gasteiger partial charge in [0.15, 0.2) is 6.10 Å². The molecule has 0 aromatic heterocycles. The third kappa shape index (κ3) is 3.77. The molecule has 0 N–H and O–H groups in total. The van der Waals surface area contributed by atoms with Gasteiger partial charge in [0.2, 0.25) is 0 Å². The van der Waals surface area contributed by atoms with Crippen molar-refractivity contribution in [2.45, 2.75) is 6.10 Å². The fourth-order valence-electron chi connectivity index (χ4n) is 2.64. The van der Waals surface area contributed by atoms with Crippen LogP contribution in [0, 0.1) is 0 Å². The Kier molecular flexibility index (Phi) is 5.67. The van der Waals surface area contributed by atoms with Gasteiger partial charge in [-0.15, -0.1) is 0 Å². The van der Waals surface area contributed by atoms with Gasteiger partial charge < -0.3 is 9.26 Å². The Labute approximate surface area is 152 Å². The summed E-state index contributed by atoms with van der Waals surface area (Å²) < 4.78 is 24.9. The maximum absolute atomic E-state index is 14.0. The molecule has 0 aliphatic carbocycles. The molecule has 0 saturated heterocycles. The largest absolute Gasteiger partial charge is 0.467 e. The van der Waals surface area contributed by atoms with Crippen LogP contribution in [0.5, 0.6) is 0 Å². The molecule has 4 nitrogen and oxygen atoms in total. The molecule has 0 radical (unpaired) electrons. The summed E-state index contributed by atoms with van der Waals surface area (Å²) in [6, 6.07) is 26.8. The van der Waals surface area contributed by atoms with Crippen LogP contribution in [0.4, 0.5) is 0 Å². The van der Waals surface area contributed by atoms with E-state index < -0.39 is 19.4 Å². The zero-order valence-electron chi connectivity index (χ0n) is 14.3. The van der Waals surface area contributed by atoms with Crippen LogP contribution in [0.1, 0.15) is 11.7 Å². The molecule has 3 rings (SSSR count). The van der Waals surface area contributed by atoms with Crippen LogP contribution in [0.3, 0.4) is 0 Å². The van der Waals surface area contributed by atoms with Crippen LogP contribution in [0.25, 0.3) is 0 Å². The Morgan fingerprint density at radius 3 is 1.62 bits per heavy atom. The van der Waals surface area contributed by atoms with Gasteiger partial charge in [-0.05, 0) is 29.8 Å². The van der Waals surface area contributed by atoms with Gasteiger partial charge in [0.1, 0.15) is 0 Å². The minimum absolute atomic E-state index is 0.524. The number of esters is 1. The summed E-state index contributed by atoms with van der Waals surface area (Å²) in [6.07, 6.45) is -1.09. The number of methoxy groups -OCH3 is 1. The number of hydrogen-bond donors (Lipinski definition) is 0. The molecule has 0 fully saturated rings. The highest BCUT2D eigenvalue weighted by atomic mass is 31.2. The SMILES string of the molecule is COC(=O)[C@H](OP(=O)(c1ccccc1)c1ccccc1)c1ccccc1. The van der Waals surface area contributed by atoms with Gasteiger partial charge in [0.25, 0.3) is 7.37 Å². The molecule has 0 spiro atoms. The second-order valence-electron chi connectivity index (χ2n) is 5.64. The monoisotopic (exact) mass is 366 g/mol. The number of hydrogen-bond acceptors (Lipinski definition) is 4. The summed E-state index contributed by atoms with van der Waals surface area (Å²) in [5.74, 6) is -0.594. The second kappa shape index (κ2) is 8.13. The summed E-state index contributed by atoms with van der Waals surface area (Å²) in [6.45, 7) is 0. The average Bonchev–Trinajstić information content (AvgIpc) is 2.73. The predicted molar refractivity (Wildman–Crippen MR) is 102 cm³/mol. The predicted octanol–water partition coefficient (Wildman–Crippen LogP) is 3.85. The molecule has 5 heteroatoms. The molecule has 0 heterocycles. The Hall–Kier alpha value is -2.68. The molecule has 0 aliphatic heterocycles. The van der Waals surface area contributed by atoms with Crippen molar-refractivity contribution in [1.82, 2.24) is 0 Å². The Balaban J connectivity index is 2.10. The van der Waals surface area contributed by atoms with Crippen LogP contribution in [-0.2, 0) is 18.6 Å². The van der Waals surface area contributed by atoms with Gasteiger partial charge in [0.05, 0.1) is 7.11 Å². The molecule has 26 heavy (non-hydrogen) atoms. The number of ether oxygens (including phenoxy) is 1. The van der Waals surface area contributed by atoms with Crippen LogP contribution < -0.4 is 10.6 Å². The lowest BCUT2D eigenvalue weighted by molar-refractivity contribution is -0.149. The first kappa shape index (κ1) is 18.1. The molecule has 0 aliphatic rings. The third-order valence-corrected chi connectivity index (χ3v) is 6.43. The average molecular weight is 366 g/mol. The first-order valence-corrected chi connectivity index (χ1v) is 9.80. The summed E-state index contributed by atoms with van der Waals surface area (Å²) in [7, 11) is -2.22. The van der Waals surface area contributed by atoms with Crippen LogP contribution in [0.15, 0.2) is 91.0 Å². The van der Waals surface area contributed by atoms with Gasteiger partial charge in [0, 0.05) is 10.6 Å². The molecule has 3 aromatic carbocycles. The van der Waals surface area contributed by atoms with E-state index in [0.29, 0.717) is 16.2 Å². The van der Waals surface area contributed by atoms with Crippen molar-refractivity contribution in [3.63, 3.8) is 0 Å². The zero-order valence-corrected chi connectivity index (χ0v) is 15.2. The van der Waals surface area contributed by atoms with Crippen LogP contribution in [-0.4, -0.2) is 13.1 Å². The topological polar surface area (TPSA) is 52.6 Å². The molecule has 0 saturated carbocycles. The highest BCUT2D eigenvalue weighted by Gasteiger charge is 2.36. The quantitative estimate of drug-likeness (QED) is 0.491. The number of carbonyl (C=O) groups is 1. The lowest BCUT2D eigenvalue weighted by Gasteiger charge is -2.24. The molecule has 1 atom stereocenters. The Morgan fingerprint density at radius 2 is 1.19 bits per heavy atom. The van der Waals surface area contributed by atoms with E-state index in [4.69, 9.17) is 9.26 Å². The summed E-state index contributed by atoms with van der Waals surface area (Å²) in [5, 5.41) is 1.05. The van der Waals surface area contributed by atoms with Crippen molar-refractivity contribution >= 4 is 23.9 Å². The lowest BCUT2D eigenvalue weighted by Crippen LogP contribution is -2.24. The number of carbonyl (C=O) groups excluding carboxylic acids is 1. The number of rotatable bonds is 6. The van der Waals surface area contributed by atoms with Crippen molar-refractivity contribution in [3.8, 4) is 0 Å². The van der Waals surface area contributed by atoms with E-state index in [1.807, 2.05) is 18.2 Å². The van der Waals surface area contributed by atoms with Crippen LogP contribution >= 0.6 is 7.37 Å². The van der Waals surface area contributed by atoms with Crippen molar-refractivity contribution < 1.29 is 18.6 Å². The smallest absolute Gasteiger partial charge is 0.340 e. The van der Waals surface area contributed by atoms with Crippen molar-refractivity contribution in [1.29, 1.82) is 0 Å². The number of benzene rings is 3. The van der Waals surface area contributed by atoms with E-state index in [1.54, 1.807) is 72.8 Å². The minimum Gasteiger partial charge on any atom is -0.467 e. The van der Waals surface area contributed by atoms with E-state index in [2.05, 4.69) is 0 Å². The summed E-state index contributed by atoms with van der Waals surface area (Å²) in [4.78, 5) is 12.4. The molecule has 3 aromatic rings. The highest BCUT2D eigenvalue weighted by Crippen LogP contribution is 2.49. The normalized spacial score (nSPS) is 12.3. The Morgan fingerprint density at radius 1 is 0.769 bits per heavy atom. The molecule has 0 bridgehead atoms. The van der Waals surface area contributed by atoms with E-state index >= 15 is 0 Å². The van der Waals surface area contributed by atoms with E-state index in [-0.39, 0.29) is 0 Å². The summed E-state index contributed by atoms with van der Waals surface area (Å²) >= 11 is 0. The van der Waals surface area contributed by atoms with Gasteiger partial charge in [-0.25, -0.2) is 4.79 Å². The van der Waals surface area contributed by atoms with Crippen molar-refractivity contribution in [3.05, 3.63) is 96.6 Å². The van der Waals surface area contributed by atoms with E-state index in [0.717, 1.165) is 0 Å². The molecular formula is C21H19O4P. The molecule has 132 valence electrons. The van der Waals surface area contributed by atoms with Crippen LogP contribution in [0.2, 0.25) is 0 Å². The zero-order chi connectivity index (χ0) is 18.4. The van der Waals surface area contributed by atoms with Crippen molar-refractivity contribution in [2.75, 3.05) is 7.11 Å². The first-order valence-electron chi connectivity index (χ1n) is 8.17. The standard InChI is InChI=1S/C21H19O4P/c1-24-21(22)20(17-11-5-2-6-12-17)25-26(23,18-13-7-3-8-14-18)19-15-9-4-10-16-19/h2-16,20H,1H3/t20-/m1/s1. The molecule has 0 amide bonds. The molecular weight excluding hydrogens is 347 g/mol. The van der Waals surface area contributed by atoms with Gasteiger partial charge in [-0.1, -0.05) is 66.7 Å². The van der Waals surface area contributed by atoms with E-state index in [9.17, 15) is 9.36 Å². The van der Waals surface area contributed by atoms with Crippen molar-refractivity contribution in [2.24, 2.45) is 0 Å². The fourth-order valence-corrected chi connectivity index (χ4v) is 4.82. The maximum Gasteiger partial charge on any atom is 0.340 e. The first-order chi connectivity index (χ1) is 12.6. The maximum atomic E-state index is 14.0. The third-order valence-electron chi connectivity index (χ3n) is 3.96.